The van der Waals surface area contributed by atoms with Crippen LogP contribution in [0, 0.1) is 0 Å². The van der Waals surface area contributed by atoms with E-state index < -0.39 is 0 Å². The molecule has 1 atom stereocenters. The third-order valence-electron chi connectivity index (χ3n) is 3.06. The van der Waals surface area contributed by atoms with Crippen LogP contribution in [0.3, 0.4) is 0 Å². The average molecular weight is 258 g/mol. The molecule has 1 heterocycles. The van der Waals surface area contributed by atoms with Gasteiger partial charge in [0, 0.05) is 25.1 Å². The fourth-order valence-corrected chi connectivity index (χ4v) is 2.08. The Balaban J connectivity index is 1.87. The summed E-state index contributed by atoms with van der Waals surface area (Å²) < 4.78 is 0. The molecule has 1 fully saturated rings. The van der Waals surface area contributed by atoms with E-state index in [0.717, 1.165) is 18.4 Å². The van der Waals surface area contributed by atoms with Gasteiger partial charge in [-0.05, 0) is 24.5 Å². The Morgan fingerprint density at radius 2 is 2.11 bits per heavy atom. The largest absolute Gasteiger partial charge is 0.356 e. The quantitative estimate of drug-likeness (QED) is 0.807. The fourth-order valence-electron chi connectivity index (χ4n) is 2.08. The molecule has 1 aromatic carbocycles. The maximum atomic E-state index is 11.8. The van der Waals surface area contributed by atoms with Gasteiger partial charge in [-0.2, -0.15) is 0 Å². The zero-order chi connectivity index (χ0) is 13.5. The molecule has 0 aliphatic carbocycles. The summed E-state index contributed by atoms with van der Waals surface area (Å²) in [7, 11) is 0. The van der Waals surface area contributed by atoms with E-state index in [9.17, 15) is 9.59 Å². The fraction of sp³-hybridized carbons (Fsp3) is 0.333. The highest BCUT2D eigenvalue weighted by molar-refractivity contribution is 5.92. The molecule has 1 aliphatic rings. The molecule has 19 heavy (non-hydrogen) atoms. The number of hydrogen-bond acceptors (Lipinski definition) is 2. The minimum absolute atomic E-state index is 0.00911. The van der Waals surface area contributed by atoms with Crippen molar-refractivity contribution in [2.75, 3.05) is 6.54 Å². The Morgan fingerprint density at radius 1 is 1.32 bits per heavy atom. The van der Waals surface area contributed by atoms with E-state index in [-0.39, 0.29) is 17.9 Å². The molecular weight excluding hydrogens is 240 g/mol. The van der Waals surface area contributed by atoms with Crippen LogP contribution in [0.2, 0.25) is 0 Å². The molecule has 1 saturated heterocycles. The first kappa shape index (κ1) is 13.3. The first-order valence-corrected chi connectivity index (χ1v) is 6.54. The number of carbonyl (C=O) groups excluding carboxylic acids is 2. The van der Waals surface area contributed by atoms with E-state index in [1.54, 1.807) is 6.08 Å². The molecule has 4 nitrogen and oxygen atoms in total. The van der Waals surface area contributed by atoms with Crippen LogP contribution in [-0.2, 0) is 9.59 Å². The molecule has 0 radical (unpaired) electrons. The van der Waals surface area contributed by atoms with Gasteiger partial charge in [0.2, 0.25) is 11.8 Å². The highest BCUT2D eigenvalue weighted by atomic mass is 16.2. The van der Waals surface area contributed by atoms with Gasteiger partial charge in [-0.3, -0.25) is 9.59 Å². The first-order valence-electron chi connectivity index (χ1n) is 6.54. The minimum Gasteiger partial charge on any atom is -0.356 e. The lowest BCUT2D eigenvalue weighted by Gasteiger charge is -2.13. The van der Waals surface area contributed by atoms with Crippen molar-refractivity contribution in [3.8, 4) is 0 Å². The van der Waals surface area contributed by atoms with Gasteiger partial charge in [0.05, 0.1) is 0 Å². The second kappa shape index (κ2) is 6.73. The van der Waals surface area contributed by atoms with Gasteiger partial charge in [-0.25, -0.2) is 0 Å². The summed E-state index contributed by atoms with van der Waals surface area (Å²) in [4.78, 5) is 23.1. The Morgan fingerprint density at radius 3 is 2.89 bits per heavy atom. The van der Waals surface area contributed by atoms with Gasteiger partial charge in [-0.1, -0.05) is 30.3 Å². The SMILES string of the molecule is O=C(C=Cc1ccccc1)NC1CCCNC(=O)C1. The second-order valence-corrected chi connectivity index (χ2v) is 4.65. The average Bonchev–Trinajstić information content (AvgIpc) is 2.62. The zero-order valence-electron chi connectivity index (χ0n) is 10.8. The topological polar surface area (TPSA) is 58.2 Å². The maximum absolute atomic E-state index is 11.8. The van der Waals surface area contributed by atoms with Crippen LogP contribution in [0.5, 0.6) is 0 Å². The molecule has 0 aromatic heterocycles. The summed E-state index contributed by atoms with van der Waals surface area (Å²) in [6.07, 6.45) is 5.39. The summed E-state index contributed by atoms with van der Waals surface area (Å²) in [5.41, 5.74) is 0.983. The Kier molecular flexibility index (Phi) is 4.72. The minimum atomic E-state index is -0.149. The number of carbonyl (C=O) groups is 2. The lowest BCUT2D eigenvalue weighted by Crippen LogP contribution is -2.35. The van der Waals surface area contributed by atoms with Crippen LogP contribution < -0.4 is 10.6 Å². The number of rotatable bonds is 3. The summed E-state index contributed by atoms with van der Waals surface area (Å²) in [5.74, 6) is -0.140. The van der Waals surface area contributed by atoms with Crippen molar-refractivity contribution in [2.24, 2.45) is 0 Å². The Labute approximate surface area is 112 Å². The number of benzene rings is 1. The maximum Gasteiger partial charge on any atom is 0.244 e. The molecule has 100 valence electrons. The lowest BCUT2D eigenvalue weighted by molar-refractivity contribution is -0.121. The Hall–Kier alpha value is -2.10. The van der Waals surface area contributed by atoms with Gasteiger partial charge in [0.15, 0.2) is 0 Å². The second-order valence-electron chi connectivity index (χ2n) is 4.65. The van der Waals surface area contributed by atoms with E-state index >= 15 is 0 Å². The molecule has 2 amide bonds. The summed E-state index contributed by atoms with van der Waals surface area (Å²) >= 11 is 0. The number of hydrogen-bond donors (Lipinski definition) is 2. The van der Waals surface area contributed by atoms with Crippen LogP contribution in [0.25, 0.3) is 6.08 Å². The molecule has 2 N–H and O–H groups in total. The van der Waals surface area contributed by atoms with Crippen LogP contribution in [0.4, 0.5) is 0 Å². The Bertz CT molecular complexity index is 468. The van der Waals surface area contributed by atoms with Gasteiger partial charge < -0.3 is 10.6 Å². The summed E-state index contributed by atoms with van der Waals surface area (Å²) in [6.45, 7) is 0.699. The van der Waals surface area contributed by atoms with Gasteiger partial charge >= 0.3 is 0 Å². The van der Waals surface area contributed by atoms with Crippen molar-refractivity contribution in [1.29, 1.82) is 0 Å². The standard InChI is InChI=1S/C15H18N2O2/c18-14(9-8-12-5-2-1-3-6-12)17-13-7-4-10-16-15(19)11-13/h1-3,5-6,8-9,13H,4,7,10-11H2,(H,16,19)(H,17,18). The number of nitrogens with one attached hydrogen (secondary N) is 2. The third kappa shape index (κ3) is 4.58. The van der Waals surface area contributed by atoms with E-state index in [4.69, 9.17) is 0 Å². The third-order valence-corrected chi connectivity index (χ3v) is 3.06. The van der Waals surface area contributed by atoms with Crippen molar-refractivity contribution in [3.63, 3.8) is 0 Å². The van der Waals surface area contributed by atoms with Gasteiger partial charge in [0.25, 0.3) is 0 Å². The molecule has 1 aliphatic heterocycles. The lowest BCUT2D eigenvalue weighted by atomic mass is 10.1. The normalized spacial score (nSPS) is 19.8. The summed E-state index contributed by atoms with van der Waals surface area (Å²) in [6, 6.07) is 9.59. The predicted octanol–water partition coefficient (Wildman–Crippen LogP) is 1.48. The van der Waals surface area contributed by atoms with Gasteiger partial charge in [0.1, 0.15) is 0 Å². The van der Waals surface area contributed by atoms with Crippen LogP contribution in [-0.4, -0.2) is 24.4 Å². The van der Waals surface area contributed by atoms with Gasteiger partial charge in [-0.15, -0.1) is 0 Å². The molecule has 0 bridgehead atoms. The number of amides is 2. The highest BCUT2D eigenvalue weighted by Crippen LogP contribution is 2.06. The predicted molar refractivity (Wildman–Crippen MR) is 74.3 cm³/mol. The molecule has 2 rings (SSSR count). The van der Waals surface area contributed by atoms with E-state index in [1.807, 2.05) is 30.3 Å². The smallest absolute Gasteiger partial charge is 0.244 e. The van der Waals surface area contributed by atoms with Crippen molar-refractivity contribution in [2.45, 2.75) is 25.3 Å². The van der Waals surface area contributed by atoms with Crippen molar-refractivity contribution in [3.05, 3.63) is 42.0 Å². The van der Waals surface area contributed by atoms with Crippen LogP contribution >= 0.6 is 0 Å². The van der Waals surface area contributed by atoms with Crippen molar-refractivity contribution < 1.29 is 9.59 Å². The molecule has 1 aromatic rings. The van der Waals surface area contributed by atoms with E-state index in [2.05, 4.69) is 10.6 Å². The monoisotopic (exact) mass is 258 g/mol. The highest BCUT2D eigenvalue weighted by Gasteiger charge is 2.17. The molecule has 4 heteroatoms. The first-order chi connectivity index (χ1) is 9.24. The summed E-state index contributed by atoms with van der Waals surface area (Å²) in [5, 5.41) is 5.67. The van der Waals surface area contributed by atoms with Crippen LogP contribution in [0.15, 0.2) is 36.4 Å². The van der Waals surface area contributed by atoms with E-state index in [0.29, 0.717) is 13.0 Å². The van der Waals surface area contributed by atoms with E-state index in [1.165, 1.54) is 6.08 Å². The molecular formula is C15H18N2O2. The molecule has 1 unspecified atom stereocenters. The molecule has 0 saturated carbocycles. The van der Waals surface area contributed by atoms with Crippen LogP contribution in [0.1, 0.15) is 24.8 Å². The van der Waals surface area contributed by atoms with Crippen molar-refractivity contribution >= 4 is 17.9 Å². The molecule has 0 spiro atoms. The zero-order valence-corrected chi connectivity index (χ0v) is 10.8. The van der Waals surface area contributed by atoms with Crippen molar-refractivity contribution in [1.82, 2.24) is 10.6 Å².